The molecule has 0 radical (unpaired) electrons. The van der Waals surface area contributed by atoms with E-state index in [-0.39, 0.29) is 30.0 Å². The molecule has 0 aromatic heterocycles. The lowest BCUT2D eigenvalue weighted by Crippen LogP contribution is -2.37. The molecular weight excluding hydrogens is 260 g/mol. The summed E-state index contributed by atoms with van der Waals surface area (Å²) >= 11 is -1.36. The molecule has 7 heteroatoms. The van der Waals surface area contributed by atoms with E-state index in [1.165, 1.54) is 6.92 Å². The molecule has 0 spiro atoms. The fourth-order valence-electron chi connectivity index (χ4n) is 1.25. The molecule has 18 heavy (non-hydrogen) atoms. The van der Waals surface area contributed by atoms with Crippen LogP contribution in [0.1, 0.15) is 19.8 Å². The van der Waals surface area contributed by atoms with E-state index in [0.717, 1.165) is 0 Å². The molecule has 1 heterocycles. The Morgan fingerprint density at radius 1 is 1.56 bits per heavy atom. The molecule has 1 saturated heterocycles. The lowest BCUT2D eigenvalue weighted by Gasteiger charge is -2.24. The Bertz CT molecular complexity index is 378. The first-order valence-electron chi connectivity index (χ1n) is 5.31. The van der Waals surface area contributed by atoms with Crippen molar-refractivity contribution in [3.63, 3.8) is 0 Å². The first-order chi connectivity index (χ1) is 8.40. The van der Waals surface area contributed by atoms with E-state index >= 15 is 0 Å². The maximum absolute atomic E-state index is 11.5. The van der Waals surface area contributed by atoms with Crippen LogP contribution >= 0.6 is 0 Å². The van der Waals surface area contributed by atoms with Crippen molar-refractivity contribution in [1.82, 2.24) is 0 Å². The minimum absolute atomic E-state index is 0.0488. The first-order valence-corrected chi connectivity index (χ1v) is 6.69. The van der Waals surface area contributed by atoms with Crippen molar-refractivity contribution in [2.45, 2.75) is 25.2 Å². The van der Waals surface area contributed by atoms with Crippen molar-refractivity contribution in [2.75, 3.05) is 12.4 Å². The third-order valence-corrected chi connectivity index (χ3v) is 3.66. The zero-order valence-electron chi connectivity index (χ0n) is 9.97. The van der Waals surface area contributed by atoms with Crippen molar-refractivity contribution >= 4 is 28.9 Å². The third-order valence-electron chi connectivity index (χ3n) is 2.20. The molecule has 0 amide bonds. The topological polar surface area (TPSA) is 92.7 Å². The van der Waals surface area contributed by atoms with Crippen LogP contribution in [0.2, 0.25) is 0 Å². The minimum atomic E-state index is -1.36. The molecule has 0 N–H and O–H groups in total. The summed E-state index contributed by atoms with van der Waals surface area (Å²) in [4.78, 5) is 33.5. The van der Waals surface area contributed by atoms with Crippen LogP contribution in [0.3, 0.4) is 0 Å². The smallest absolute Gasteiger partial charge is 0.348 e. The van der Waals surface area contributed by atoms with E-state index in [1.807, 2.05) is 0 Å². The molecular formula is C11H14O6S. The molecule has 1 fully saturated rings. The lowest BCUT2D eigenvalue weighted by atomic mass is 10.2. The largest absolute Gasteiger partial charge is 0.613 e. The van der Waals surface area contributed by atoms with Gasteiger partial charge in [0.25, 0.3) is 5.44 Å². The van der Waals surface area contributed by atoms with Crippen LogP contribution in [0.25, 0.3) is 0 Å². The molecule has 2 unspecified atom stereocenters. The van der Waals surface area contributed by atoms with Gasteiger partial charge >= 0.3 is 11.9 Å². The van der Waals surface area contributed by atoms with Gasteiger partial charge in [0, 0.05) is 5.57 Å². The highest BCUT2D eigenvalue weighted by atomic mass is 32.2. The summed E-state index contributed by atoms with van der Waals surface area (Å²) in [5, 5.41) is 0. The number of carbonyl (C=O) groups excluding carboxylic acids is 3. The van der Waals surface area contributed by atoms with E-state index < -0.39 is 35.2 Å². The van der Waals surface area contributed by atoms with Gasteiger partial charge in [-0.2, -0.15) is 0 Å². The van der Waals surface area contributed by atoms with Gasteiger partial charge in [-0.15, -0.1) is 0 Å². The van der Waals surface area contributed by atoms with Gasteiger partial charge in [-0.1, -0.05) is 6.58 Å². The van der Waals surface area contributed by atoms with E-state index in [9.17, 15) is 18.9 Å². The van der Waals surface area contributed by atoms with Crippen molar-refractivity contribution in [3.8, 4) is 0 Å². The number of carbonyl (C=O) groups is 3. The fraction of sp³-hybridized carbons (Fsp3) is 0.545. The predicted molar refractivity (Wildman–Crippen MR) is 62.9 cm³/mol. The Balaban J connectivity index is 2.37. The molecule has 2 atom stereocenters. The SMILES string of the molecule is C=C(C)C(=O)OCC(=O)OC1CC(=O)CC[S+]1[O-]. The number of ether oxygens (including phenoxy) is 2. The summed E-state index contributed by atoms with van der Waals surface area (Å²) in [5.74, 6) is -1.42. The molecule has 0 saturated carbocycles. The van der Waals surface area contributed by atoms with E-state index in [1.54, 1.807) is 0 Å². The van der Waals surface area contributed by atoms with Gasteiger partial charge in [0.15, 0.2) is 6.61 Å². The molecule has 1 rings (SSSR count). The summed E-state index contributed by atoms with van der Waals surface area (Å²) in [6, 6.07) is 0. The van der Waals surface area contributed by atoms with E-state index in [0.29, 0.717) is 0 Å². The number of esters is 2. The van der Waals surface area contributed by atoms with Crippen LogP contribution in [0, 0.1) is 0 Å². The highest BCUT2D eigenvalue weighted by Gasteiger charge is 2.34. The van der Waals surface area contributed by atoms with Crippen LogP contribution in [0.15, 0.2) is 12.2 Å². The second kappa shape index (κ2) is 6.55. The van der Waals surface area contributed by atoms with Crippen LogP contribution in [0.5, 0.6) is 0 Å². The number of Topliss-reactive ketones (excluding diaryl/α,β-unsaturated/α-hetero) is 1. The maximum Gasteiger partial charge on any atom is 0.348 e. The van der Waals surface area contributed by atoms with E-state index in [2.05, 4.69) is 11.3 Å². The highest BCUT2D eigenvalue weighted by molar-refractivity contribution is 7.92. The normalized spacial score (nSPS) is 23.3. The second-order valence-corrected chi connectivity index (χ2v) is 5.55. The number of rotatable bonds is 4. The third kappa shape index (κ3) is 4.50. The van der Waals surface area contributed by atoms with Crippen molar-refractivity contribution < 1.29 is 28.4 Å². The summed E-state index contributed by atoms with van der Waals surface area (Å²) < 4.78 is 20.9. The van der Waals surface area contributed by atoms with Gasteiger partial charge in [-0.3, -0.25) is 4.79 Å². The Morgan fingerprint density at radius 2 is 2.22 bits per heavy atom. The van der Waals surface area contributed by atoms with Crippen molar-refractivity contribution in [3.05, 3.63) is 12.2 Å². The Labute approximate surface area is 107 Å². The highest BCUT2D eigenvalue weighted by Crippen LogP contribution is 2.18. The zero-order chi connectivity index (χ0) is 13.7. The van der Waals surface area contributed by atoms with Crippen LogP contribution < -0.4 is 0 Å². The predicted octanol–water partition coefficient (Wildman–Crippen LogP) is 0.0866. The average molecular weight is 274 g/mol. The molecule has 0 bridgehead atoms. The van der Waals surface area contributed by atoms with Gasteiger partial charge in [0.05, 0.1) is 12.8 Å². The van der Waals surface area contributed by atoms with Crippen LogP contribution in [0.4, 0.5) is 0 Å². The second-order valence-electron chi connectivity index (χ2n) is 3.85. The van der Waals surface area contributed by atoms with Gasteiger partial charge in [0.1, 0.15) is 11.5 Å². The Kier molecular flexibility index (Phi) is 5.36. The van der Waals surface area contributed by atoms with Crippen LogP contribution in [-0.4, -0.2) is 40.1 Å². The first kappa shape index (κ1) is 14.7. The summed E-state index contributed by atoms with van der Waals surface area (Å²) in [6.45, 7) is 4.22. The summed E-state index contributed by atoms with van der Waals surface area (Å²) in [7, 11) is 0. The lowest BCUT2D eigenvalue weighted by molar-refractivity contribution is -0.158. The fourth-order valence-corrected chi connectivity index (χ4v) is 2.53. The number of hydrogen-bond acceptors (Lipinski definition) is 6. The molecule has 0 aliphatic carbocycles. The quantitative estimate of drug-likeness (QED) is 0.409. The van der Waals surface area contributed by atoms with Crippen LogP contribution in [-0.2, 0) is 35.0 Å². The molecule has 6 nitrogen and oxygen atoms in total. The summed E-state index contributed by atoms with van der Waals surface area (Å²) in [6.07, 6.45) is 0.193. The van der Waals surface area contributed by atoms with Gasteiger partial charge < -0.3 is 14.0 Å². The molecule has 0 aromatic carbocycles. The standard InChI is InChI=1S/C11H14O6S/c1-7(2)11(14)16-6-9(13)17-10-5-8(12)3-4-18(10)15/h10H,1,3-6H2,2H3. The number of ketones is 1. The monoisotopic (exact) mass is 274 g/mol. The van der Waals surface area contributed by atoms with Crippen molar-refractivity contribution in [2.24, 2.45) is 0 Å². The van der Waals surface area contributed by atoms with Gasteiger partial charge in [0.2, 0.25) is 0 Å². The zero-order valence-corrected chi connectivity index (χ0v) is 10.8. The molecule has 100 valence electrons. The summed E-state index contributed by atoms with van der Waals surface area (Å²) in [5.41, 5.74) is -0.762. The molecule has 1 aliphatic rings. The van der Waals surface area contributed by atoms with Crippen molar-refractivity contribution in [1.29, 1.82) is 0 Å². The molecule has 0 aromatic rings. The van der Waals surface area contributed by atoms with Gasteiger partial charge in [-0.05, 0) is 18.1 Å². The number of hydrogen-bond donors (Lipinski definition) is 0. The minimum Gasteiger partial charge on any atom is -0.613 e. The van der Waals surface area contributed by atoms with Gasteiger partial charge in [-0.25, -0.2) is 9.59 Å². The van der Waals surface area contributed by atoms with E-state index in [4.69, 9.17) is 4.74 Å². The Hall–Kier alpha value is -1.34. The Morgan fingerprint density at radius 3 is 2.83 bits per heavy atom. The molecule has 1 aliphatic heterocycles. The maximum atomic E-state index is 11.5. The average Bonchev–Trinajstić information content (AvgIpc) is 2.30.